The summed E-state index contributed by atoms with van der Waals surface area (Å²) < 4.78 is 7.71. The van der Waals surface area contributed by atoms with Crippen molar-refractivity contribution in [3.8, 4) is 23.1 Å². The van der Waals surface area contributed by atoms with Gasteiger partial charge in [-0.15, -0.1) is 0 Å². The Morgan fingerprint density at radius 1 is 1.16 bits per heavy atom. The molecule has 4 heterocycles. The topological polar surface area (TPSA) is 115 Å². The zero-order valence-corrected chi connectivity index (χ0v) is 22.3. The lowest BCUT2D eigenvalue weighted by atomic mass is 9.89. The molecule has 1 aliphatic rings. The molecule has 3 aromatic heterocycles. The van der Waals surface area contributed by atoms with E-state index >= 15 is 0 Å². The number of fused-ring (bicyclic) bond motifs is 1. The first-order valence-electron chi connectivity index (χ1n) is 12.7. The van der Waals surface area contributed by atoms with Crippen molar-refractivity contribution in [2.45, 2.75) is 46.7 Å². The summed E-state index contributed by atoms with van der Waals surface area (Å²) in [6.07, 6.45) is 5.90. The van der Waals surface area contributed by atoms with Gasteiger partial charge >= 0.3 is 0 Å². The molecule has 5 rings (SSSR count). The van der Waals surface area contributed by atoms with Crippen LogP contribution in [0.25, 0.3) is 11.3 Å². The van der Waals surface area contributed by atoms with Crippen molar-refractivity contribution < 1.29 is 9.53 Å². The summed E-state index contributed by atoms with van der Waals surface area (Å²) >= 11 is 0. The Kier molecular flexibility index (Phi) is 6.68. The van der Waals surface area contributed by atoms with Crippen molar-refractivity contribution in [2.24, 2.45) is 7.05 Å². The number of nitrogens with zero attached hydrogens (tertiary/aromatic N) is 8. The molecule has 38 heavy (non-hydrogen) atoms. The van der Waals surface area contributed by atoms with Crippen LogP contribution in [0.15, 0.2) is 36.8 Å². The second kappa shape index (κ2) is 10.1. The van der Waals surface area contributed by atoms with Gasteiger partial charge in [0, 0.05) is 55.9 Å². The first-order valence-corrected chi connectivity index (χ1v) is 12.7. The number of aryl methyl sites for hydroxylation is 3. The van der Waals surface area contributed by atoms with Crippen LogP contribution >= 0.6 is 0 Å². The Balaban J connectivity index is 1.56. The molecular formula is C28H30N8O2. The average Bonchev–Trinajstić information content (AvgIpc) is 3.47. The number of aromatic nitrogens is 6. The third kappa shape index (κ3) is 4.52. The fourth-order valence-corrected chi connectivity index (χ4v) is 5.07. The fraction of sp³-hybridized carbons (Fsp3) is 0.357. The van der Waals surface area contributed by atoms with Crippen LogP contribution in [0, 0.1) is 25.2 Å². The molecule has 1 aliphatic heterocycles. The van der Waals surface area contributed by atoms with Crippen molar-refractivity contribution in [2.75, 3.05) is 13.2 Å². The molecule has 0 spiro atoms. The smallest absolute Gasteiger partial charge is 0.254 e. The van der Waals surface area contributed by atoms with E-state index in [9.17, 15) is 10.1 Å². The monoisotopic (exact) mass is 510 g/mol. The quantitative estimate of drug-likeness (QED) is 0.372. The minimum atomic E-state index is -0.302. The Morgan fingerprint density at radius 3 is 2.61 bits per heavy atom. The minimum absolute atomic E-state index is 0.0603. The SMILES string of the molecule is CCOc1cc([C@H](C)N2CCc3c(cc(Cn4ccnc4C)cc3-c3nn(C)nc3C)C2=O)ncc1C#N. The normalized spacial score (nSPS) is 13.8. The molecule has 0 saturated carbocycles. The number of ether oxygens (including phenoxy) is 1. The van der Waals surface area contributed by atoms with Gasteiger partial charge in [-0.1, -0.05) is 0 Å². The largest absolute Gasteiger partial charge is 0.492 e. The number of carbonyl (C=O) groups is 1. The van der Waals surface area contributed by atoms with Crippen molar-refractivity contribution in [3.63, 3.8) is 0 Å². The Hall–Kier alpha value is -4.52. The highest BCUT2D eigenvalue weighted by molar-refractivity contribution is 5.99. The zero-order chi connectivity index (χ0) is 27.0. The second-order valence-corrected chi connectivity index (χ2v) is 9.47. The lowest BCUT2D eigenvalue weighted by Gasteiger charge is -2.34. The molecule has 1 aromatic carbocycles. The van der Waals surface area contributed by atoms with Crippen LogP contribution in [-0.2, 0) is 20.0 Å². The first-order chi connectivity index (χ1) is 18.3. The zero-order valence-electron chi connectivity index (χ0n) is 22.3. The molecule has 1 atom stereocenters. The van der Waals surface area contributed by atoms with E-state index in [1.807, 2.05) is 44.9 Å². The number of carbonyl (C=O) groups excluding carboxylic acids is 1. The van der Waals surface area contributed by atoms with Gasteiger partial charge in [0.25, 0.3) is 5.91 Å². The summed E-state index contributed by atoms with van der Waals surface area (Å²) in [5.74, 6) is 1.32. The average molecular weight is 511 g/mol. The highest BCUT2D eigenvalue weighted by Gasteiger charge is 2.32. The summed E-state index contributed by atoms with van der Waals surface area (Å²) in [6, 6.07) is 7.69. The standard InChI is InChI=1S/C28H30N8O2/c1-6-38-26-13-25(31-15-21(26)14-29)18(3)36-9-7-22-23(27-17(2)32-34(5)33-27)11-20(12-24(22)28(36)37)16-35-10-8-30-19(35)4/h8,10-13,15,18H,6-7,9,16H2,1-5H3/t18-/m0/s1. The van der Waals surface area contributed by atoms with E-state index in [1.165, 1.54) is 6.20 Å². The summed E-state index contributed by atoms with van der Waals surface area (Å²) in [5, 5.41) is 18.5. The summed E-state index contributed by atoms with van der Waals surface area (Å²) in [6.45, 7) is 9.28. The minimum Gasteiger partial charge on any atom is -0.492 e. The van der Waals surface area contributed by atoms with E-state index in [2.05, 4.69) is 36.9 Å². The van der Waals surface area contributed by atoms with Gasteiger partial charge in [-0.05, 0) is 57.4 Å². The third-order valence-electron chi connectivity index (χ3n) is 7.02. The highest BCUT2D eigenvalue weighted by Crippen LogP contribution is 2.35. The van der Waals surface area contributed by atoms with Crippen LogP contribution in [0.1, 0.15) is 64.1 Å². The maximum absolute atomic E-state index is 14.0. The van der Waals surface area contributed by atoms with E-state index in [4.69, 9.17) is 4.74 Å². The lowest BCUT2D eigenvalue weighted by Crippen LogP contribution is -2.40. The van der Waals surface area contributed by atoms with Gasteiger partial charge in [0.05, 0.1) is 24.0 Å². The Morgan fingerprint density at radius 2 is 1.95 bits per heavy atom. The van der Waals surface area contributed by atoms with E-state index in [-0.39, 0.29) is 11.9 Å². The molecule has 0 radical (unpaired) electrons. The van der Waals surface area contributed by atoms with Gasteiger partial charge < -0.3 is 14.2 Å². The number of hydrogen-bond donors (Lipinski definition) is 0. The van der Waals surface area contributed by atoms with Crippen LogP contribution in [0.5, 0.6) is 5.75 Å². The number of hydrogen-bond acceptors (Lipinski definition) is 7. The lowest BCUT2D eigenvalue weighted by molar-refractivity contribution is 0.0669. The predicted molar refractivity (Wildman–Crippen MR) is 141 cm³/mol. The van der Waals surface area contributed by atoms with Crippen LogP contribution in [0.4, 0.5) is 0 Å². The molecule has 10 nitrogen and oxygen atoms in total. The molecular weight excluding hydrogens is 480 g/mol. The van der Waals surface area contributed by atoms with E-state index in [1.54, 1.807) is 24.1 Å². The van der Waals surface area contributed by atoms with E-state index < -0.39 is 0 Å². The van der Waals surface area contributed by atoms with Crippen LogP contribution in [0.3, 0.4) is 0 Å². The van der Waals surface area contributed by atoms with E-state index in [0.717, 1.165) is 33.9 Å². The summed E-state index contributed by atoms with van der Waals surface area (Å²) in [7, 11) is 1.80. The maximum Gasteiger partial charge on any atom is 0.254 e. The molecule has 1 amide bonds. The van der Waals surface area contributed by atoms with Gasteiger partial charge in [0.1, 0.15) is 28.9 Å². The molecule has 194 valence electrons. The Bertz CT molecular complexity index is 1560. The number of imidazole rings is 1. The van der Waals surface area contributed by atoms with E-state index in [0.29, 0.717) is 48.7 Å². The molecule has 0 fully saturated rings. The van der Waals surface area contributed by atoms with Crippen molar-refractivity contribution in [1.29, 1.82) is 5.26 Å². The number of pyridine rings is 1. The van der Waals surface area contributed by atoms with Crippen molar-refractivity contribution >= 4 is 5.91 Å². The highest BCUT2D eigenvalue weighted by atomic mass is 16.5. The molecule has 0 aliphatic carbocycles. The van der Waals surface area contributed by atoms with Crippen LogP contribution in [0.2, 0.25) is 0 Å². The first kappa shape index (κ1) is 25.1. The molecule has 4 aromatic rings. The van der Waals surface area contributed by atoms with Gasteiger partial charge in [-0.2, -0.15) is 20.3 Å². The van der Waals surface area contributed by atoms with Crippen molar-refractivity contribution in [3.05, 3.63) is 76.3 Å². The Labute approximate surface area is 221 Å². The van der Waals surface area contributed by atoms with Gasteiger partial charge in [0.2, 0.25) is 0 Å². The van der Waals surface area contributed by atoms with Gasteiger partial charge in [-0.3, -0.25) is 9.78 Å². The molecule has 0 bridgehead atoms. The number of benzene rings is 1. The molecule has 10 heteroatoms. The van der Waals surface area contributed by atoms with Crippen molar-refractivity contribution in [1.82, 2.24) is 34.4 Å². The molecule has 0 unspecified atom stereocenters. The molecule has 0 saturated heterocycles. The third-order valence-corrected chi connectivity index (χ3v) is 7.02. The van der Waals surface area contributed by atoms with Gasteiger partial charge in [-0.25, -0.2) is 4.98 Å². The fourth-order valence-electron chi connectivity index (χ4n) is 5.07. The summed E-state index contributed by atoms with van der Waals surface area (Å²) in [5.41, 5.74) is 6.24. The number of rotatable bonds is 7. The van der Waals surface area contributed by atoms with Gasteiger partial charge in [0.15, 0.2) is 0 Å². The molecule has 0 N–H and O–H groups in total. The maximum atomic E-state index is 14.0. The van der Waals surface area contributed by atoms with Crippen LogP contribution < -0.4 is 4.74 Å². The number of amides is 1. The second-order valence-electron chi connectivity index (χ2n) is 9.47. The van der Waals surface area contributed by atoms with Crippen LogP contribution in [-0.4, -0.2) is 53.5 Å². The summed E-state index contributed by atoms with van der Waals surface area (Å²) in [4.78, 5) is 26.2. The number of nitriles is 1. The predicted octanol–water partition coefficient (Wildman–Crippen LogP) is 3.77.